The van der Waals surface area contributed by atoms with Crippen LogP contribution < -0.4 is 11.5 Å². The van der Waals surface area contributed by atoms with Gasteiger partial charge in [0.25, 0.3) is 0 Å². The number of rotatable bonds is 1. The lowest BCUT2D eigenvalue weighted by Crippen LogP contribution is -2.36. The summed E-state index contributed by atoms with van der Waals surface area (Å²) in [7, 11) is 0. The van der Waals surface area contributed by atoms with Crippen molar-refractivity contribution >= 4 is 0 Å². The minimum Gasteiger partial charge on any atom is -0.396 e. The van der Waals surface area contributed by atoms with Crippen LogP contribution in [0.2, 0.25) is 0 Å². The Bertz CT molecular complexity index is 81.8. The summed E-state index contributed by atoms with van der Waals surface area (Å²) in [5.74, 6) is 0.160. The molecule has 0 aromatic carbocycles. The van der Waals surface area contributed by atoms with Gasteiger partial charge in [-0.25, -0.2) is 0 Å². The molecule has 0 radical (unpaired) electrons. The van der Waals surface area contributed by atoms with Crippen molar-refractivity contribution in [3.8, 4) is 0 Å². The normalized spacial score (nSPS) is 35.6. The molecular weight excluding hydrogens is 92.1 g/mol. The van der Waals surface area contributed by atoms with Gasteiger partial charge < -0.3 is 16.6 Å². The van der Waals surface area contributed by atoms with E-state index < -0.39 is 5.66 Å². The first-order chi connectivity index (χ1) is 3.17. The molecule has 42 valence electrons. The van der Waals surface area contributed by atoms with Crippen LogP contribution in [0.1, 0.15) is 6.42 Å². The second-order valence-electron chi connectivity index (χ2n) is 2.20. The first kappa shape index (κ1) is 5.03. The Hall–Kier alpha value is -0.120. The van der Waals surface area contributed by atoms with Gasteiger partial charge in [0.2, 0.25) is 0 Å². The summed E-state index contributed by atoms with van der Waals surface area (Å²) in [4.78, 5) is 0. The Kier molecular flexibility index (Phi) is 0.849. The molecule has 1 saturated carbocycles. The first-order valence-electron chi connectivity index (χ1n) is 2.35. The molecule has 1 atom stereocenters. The third-order valence-electron chi connectivity index (χ3n) is 1.42. The van der Waals surface area contributed by atoms with Crippen LogP contribution in [0.3, 0.4) is 0 Å². The van der Waals surface area contributed by atoms with Crippen molar-refractivity contribution in [2.75, 3.05) is 6.61 Å². The molecule has 1 rings (SSSR count). The predicted molar refractivity (Wildman–Crippen MR) is 26.3 cm³/mol. The van der Waals surface area contributed by atoms with Gasteiger partial charge in [-0.05, 0) is 6.42 Å². The molecule has 1 aliphatic carbocycles. The summed E-state index contributed by atoms with van der Waals surface area (Å²) >= 11 is 0. The van der Waals surface area contributed by atoms with Crippen LogP contribution in [0.25, 0.3) is 0 Å². The van der Waals surface area contributed by atoms with E-state index in [9.17, 15) is 0 Å². The molecule has 5 N–H and O–H groups in total. The van der Waals surface area contributed by atoms with Crippen LogP contribution in [0.5, 0.6) is 0 Å². The monoisotopic (exact) mass is 102 g/mol. The summed E-state index contributed by atoms with van der Waals surface area (Å²) in [6, 6.07) is 0. The van der Waals surface area contributed by atoms with Crippen LogP contribution in [0, 0.1) is 5.92 Å². The maximum atomic E-state index is 8.38. The van der Waals surface area contributed by atoms with Gasteiger partial charge in [-0.3, -0.25) is 0 Å². The fourth-order valence-corrected chi connectivity index (χ4v) is 0.602. The van der Waals surface area contributed by atoms with Gasteiger partial charge in [0.1, 0.15) is 0 Å². The van der Waals surface area contributed by atoms with Crippen LogP contribution >= 0.6 is 0 Å². The molecule has 0 aromatic rings. The molecule has 1 unspecified atom stereocenters. The van der Waals surface area contributed by atoms with Gasteiger partial charge in [-0.15, -0.1) is 0 Å². The lowest BCUT2D eigenvalue weighted by molar-refractivity contribution is 0.264. The maximum Gasteiger partial charge on any atom is 0.0693 e. The Balaban J connectivity index is 2.30. The van der Waals surface area contributed by atoms with Gasteiger partial charge in [0.05, 0.1) is 5.66 Å². The van der Waals surface area contributed by atoms with E-state index in [2.05, 4.69) is 0 Å². The molecule has 0 heterocycles. The van der Waals surface area contributed by atoms with Gasteiger partial charge in [0, 0.05) is 12.5 Å². The fourth-order valence-electron chi connectivity index (χ4n) is 0.602. The quantitative estimate of drug-likeness (QED) is 0.357. The van der Waals surface area contributed by atoms with Gasteiger partial charge >= 0.3 is 0 Å². The Morgan fingerprint density at radius 1 is 1.71 bits per heavy atom. The Morgan fingerprint density at radius 2 is 2.14 bits per heavy atom. The van der Waals surface area contributed by atoms with E-state index in [1.165, 1.54) is 0 Å². The van der Waals surface area contributed by atoms with Gasteiger partial charge in [-0.1, -0.05) is 0 Å². The number of hydrogen-bond acceptors (Lipinski definition) is 3. The number of hydrogen-bond donors (Lipinski definition) is 3. The second kappa shape index (κ2) is 1.18. The number of aliphatic hydroxyl groups is 1. The van der Waals surface area contributed by atoms with Crippen molar-refractivity contribution < 1.29 is 5.11 Å². The summed E-state index contributed by atoms with van der Waals surface area (Å²) in [5, 5.41) is 8.38. The van der Waals surface area contributed by atoms with E-state index in [1.54, 1.807) is 0 Å². The van der Waals surface area contributed by atoms with Crippen LogP contribution in [-0.2, 0) is 0 Å². The summed E-state index contributed by atoms with van der Waals surface area (Å²) < 4.78 is 0. The number of nitrogens with two attached hydrogens (primary N) is 2. The highest BCUT2D eigenvalue weighted by Crippen LogP contribution is 2.34. The average Bonchev–Trinajstić information content (AvgIpc) is 2.13. The second-order valence-corrected chi connectivity index (χ2v) is 2.20. The van der Waals surface area contributed by atoms with E-state index in [1.807, 2.05) is 0 Å². The lowest BCUT2D eigenvalue weighted by atomic mass is 10.4. The topological polar surface area (TPSA) is 72.3 Å². The third-order valence-corrected chi connectivity index (χ3v) is 1.42. The zero-order chi connectivity index (χ0) is 5.49. The van der Waals surface area contributed by atoms with Crippen molar-refractivity contribution in [3.63, 3.8) is 0 Å². The van der Waals surface area contributed by atoms with Crippen LogP contribution in [0.15, 0.2) is 0 Å². The predicted octanol–water partition coefficient (Wildman–Crippen LogP) is -1.39. The highest BCUT2D eigenvalue weighted by Gasteiger charge is 2.46. The highest BCUT2D eigenvalue weighted by atomic mass is 16.3. The molecular formula is C4H10N2O. The zero-order valence-corrected chi connectivity index (χ0v) is 4.09. The summed E-state index contributed by atoms with van der Waals surface area (Å²) in [6.07, 6.45) is 0.767. The van der Waals surface area contributed by atoms with Crippen molar-refractivity contribution in [2.45, 2.75) is 12.1 Å². The molecule has 0 aromatic heterocycles. The van der Waals surface area contributed by atoms with E-state index in [0.717, 1.165) is 6.42 Å². The molecule has 7 heavy (non-hydrogen) atoms. The molecule has 0 spiro atoms. The smallest absolute Gasteiger partial charge is 0.0693 e. The van der Waals surface area contributed by atoms with E-state index in [0.29, 0.717) is 0 Å². The summed E-state index contributed by atoms with van der Waals surface area (Å²) in [6.45, 7) is 0.132. The Morgan fingerprint density at radius 3 is 2.14 bits per heavy atom. The molecule has 1 aliphatic rings. The van der Waals surface area contributed by atoms with Crippen LogP contribution in [0.4, 0.5) is 0 Å². The summed E-state index contributed by atoms with van der Waals surface area (Å²) in [5.41, 5.74) is 10.1. The molecule has 3 heteroatoms. The minimum atomic E-state index is -0.533. The molecule has 0 bridgehead atoms. The van der Waals surface area contributed by atoms with Crippen molar-refractivity contribution in [1.82, 2.24) is 0 Å². The first-order valence-corrected chi connectivity index (χ1v) is 2.35. The average molecular weight is 102 g/mol. The van der Waals surface area contributed by atoms with Gasteiger partial charge in [-0.2, -0.15) is 0 Å². The zero-order valence-electron chi connectivity index (χ0n) is 4.09. The third kappa shape index (κ3) is 0.748. The van der Waals surface area contributed by atoms with Crippen molar-refractivity contribution in [3.05, 3.63) is 0 Å². The van der Waals surface area contributed by atoms with Crippen LogP contribution in [-0.4, -0.2) is 17.4 Å². The fraction of sp³-hybridized carbons (Fsp3) is 1.00. The van der Waals surface area contributed by atoms with Crippen molar-refractivity contribution in [2.24, 2.45) is 17.4 Å². The van der Waals surface area contributed by atoms with Gasteiger partial charge in [0.15, 0.2) is 0 Å². The van der Waals surface area contributed by atoms with Crippen molar-refractivity contribution in [1.29, 1.82) is 0 Å². The van der Waals surface area contributed by atoms with E-state index in [4.69, 9.17) is 16.6 Å². The highest BCUT2D eigenvalue weighted by molar-refractivity contribution is 5.02. The maximum absolute atomic E-state index is 8.38. The SMILES string of the molecule is NC1(N)CC1CO. The molecule has 3 nitrogen and oxygen atoms in total. The molecule has 0 aliphatic heterocycles. The lowest BCUT2D eigenvalue weighted by Gasteiger charge is -1.97. The standard InChI is InChI=1S/C4H10N2O/c5-4(6)1-3(4)2-7/h3,7H,1-2,5-6H2. The molecule has 0 amide bonds. The van der Waals surface area contributed by atoms with E-state index >= 15 is 0 Å². The molecule has 1 fully saturated rings. The Labute approximate surface area is 42.3 Å². The molecule has 0 saturated heterocycles. The van der Waals surface area contributed by atoms with E-state index in [-0.39, 0.29) is 12.5 Å². The largest absolute Gasteiger partial charge is 0.396 e. The number of aliphatic hydroxyl groups excluding tert-OH is 1. The minimum absolute atomic E-state index is 0.132.